The van der Waals surface area contributed by atoms with Crippen molar-refractivity contribution >= 4 is 23.4 Å². The number of nitrogen functional groups attached to an aromatic ring is 1. The van der Waals surface area contributed by atoms with Crippen LogP contribution in [0.25, 0.3) is 11.4 Å². The largest absolute Gasteiger partial charge is 0.335 e. The van der Waals surface area contributed by atoms with Gasteiger partial charge in [0.15, 0.2) is 5.82 Å². The van der Waals surface area contributed by atoms with Gasteiger partial charge in [0.2, 0.25) is 11.1 Å². The van der Waals surface area contributed by atoms with E-state index in [1.165, 1.54) is 52.8 Å². The van der Waals surface area contributed by atoms with Gasteiger partial charge in [0.1, 0.15) is 11.6 Å². The minimum absolute atomic E-state index is 0.203. The fraction of sp³-hybridized carbons (Fsp3) is 0.118. The summed E-state index contributed by atoms with van der Waals surface area (Å²) in [6, 6.07) is 11.3. The monoisotopic (exact) mass is 375 g/mol. The number of benzene rings is 2. The maximum absolute atomic E-state index is 13.0. The van der Waals surface area contributed by atoms with E-state index in [-0.39, 0.29) is 24.0 Å². The molecule has 1 heterocycles. The van der Waals surface area contributed by atoms with Gasteiger partial charge in [-0.05, 0) is 48.5 Å². The fourth-order valence-corrected chi connectivity index (χ4v) is 2.96. The molecule has 3 N–H and O–H groups in total. The van der Waals surface area contributed by atoms with E-state index in [1.807, 2.05) is 0 Å². The third-order valence-electron chi connectivity index (χ3n) is 3.46. The predicted octanol–water partition coefficient (Wildman–Crippen LogP) is 3.06. The molecule has 0 unspecified atom stereocenters. The Bertz CT molecular complexity index is 897. The van der Waals surface area contributed by atoms with Crippen molar-refractivity contribution in [2.24, 2.45) is 0 Å². The molecule has 3 aromatic rings. The Morgan fingerprint density at radius 2 is 1.65 bits per heavy atom. The maximum Gasteiger partial charge on any atom is 0.225 e. The van der Waals surface area contributed by atoms with Crippen molar-refractivity contribution in [2.45, 2.75) is 11.6 Å². The lowest BCUT2D eigenvalue weighted by molar-refractivity contribution is -0.115. The Kier molecular flexibility index (Phi) is 5.47. The Morgan fingerprint density at radius 1 is 1.04 bits per heavy atom. The van der Waals surface area contributed by atoms with E-state index < -0.39 is 0 Å². The van der Waals surface area contributed by atoms with Gasteiger partial charge in [-0.25, -0.2) is 13.5 Å². The second-order valence-corrected chi connectivity index (χ2v) is 6.40. The number of carbonyl (C=O) groups excluding carboxylic acids is 1. The molecule has 0 aliphatic heterocycles. The molecule has 26 heavy (non-hydrogen) atoms. The Balaban J connectivity index is 1.54. The number of hydrogen-bond acceptors (Lipinski definition) is 5. The van der Waals surface area contributed by atoms with Crippen molar-refractivity contribution in [1.82, 2.24) is 14.9 Å². The number of carbonyl (C=O) groups is 1. The number of hydrogen-bond donors (Lipinski definition) is 2. The standard InChI is InChI=1S/C17H15F2N5OS/c18-12-3-1-11(2-4-12)16-22-23-17(24(16)20)26-10-9-15(25)21-14-7-5-13(19)6-8-14/h1-8H,9-10,20H2,(H,21,25). The number of thioether (sulfide) groups is 1. The zero-order chi connectivity index (χ0) is 18.5. The number of anilines is 1. The molecule has 0 radical (unpaired) electrons. The summed E-state index contributed by atoms with van der Waals surface area (Å²) in [4.78, 5) is 11.9. The molecule has 0 aliphatic carbocycles. The third kappa shape index (κ3) is 4.37. The molecule has 9 heteroatoms. The lowest BCUT2D eigenvalue weighted by atomic mass is 10.2. The van der Waals surface area contributed by atoms with Crippen molar-refractivity contribution in [2.75, 3.05) is 16.9 Å². The first kappa shape index (κ1) is 17.9. The van der Waals surface area contributed by atoms with Crippen molar-refractivity contribution in [3.63, 3.8) is 0 Å². The highest BCUT2D eigenvalue weighted by molar-refractivity contribution is 7.99. The highest BCUT2D eigenvalue weighted by Crippen LogP contribution is 2.22. The summed E-state index contributed by atoms with van der Waals surface area (Å²) in [5.41, 5.74) is 1.17. The molecule has 0 bridgehead atoms. The quantitative estimate of drug-likeness (QED) is 0.511. The first-order chi connectivity index (χ1) is 12.5. The Labute approximate surface area is 152 Å². The van der Waals surface area contributed by atoms with Gasteiger partial charge in [0, 0.05) is 23.4 Å². The Morgan fingerprint density at radius 3 is 2.31 bits per heavy atom. The van der Waals surface area contributed by atoms with E-state index in [0.29, 0.717) is 28.0 Å². The molecule has 2 aromatic carbocycles. The van der Waals surface area contributed by atoms with Crippen LogP contribution in [0.15, 0.2) is 53.7 Å². The minimum atomic E-state index is -0.363. The maximum atomic E-state index is 13.0. The van der Waals surface area contributed by atoms with Crippen LogP contribution in [0, 0.1) is 11.6 Å². The summed E-state index contributed by atoms with van der Waals surface area (Å²) < 4.78 is 27.1. The van der Waals surface area contributed by atoms with Crippen LogP contribution in [0.2, 0.25) is 0 Å². The molecule has 0 atom stereocenters. The zero-order valence-corrected chi connectivity index (χ0v) is 14.3. The molecule has 1 amide bonds. The van der Waals surface area contributed by atoms with Gasteiger partial charge in [-0.2, -0.15) is 0 Å². The number of nitrogens with zero attached hydrogens (tertiary/aromatic N) is 3. The smallest absolute Gasteiger partial charge is 0.225 e. The predicted molar refractivity (Wildman–Crippen MR) is 95.9 cm³/mol. The van der Waals surface area contributed by atoms with Crippen LogP contribution in [0.5, 0.6) is 0 Å². The number of aromatic nitrogens is 3. The van der Waals surface area contributed by atoms with Crippen molar-refractivity contribution in [3.8, 4) is 11.4 Å². The average Bonchev–Trinajstić information content (AvgIpc) is 2.99. The van der Waals surface area contributed by atoms with Crippen LogP contribution in [0.1, 0.15) is 6.42 Å². The summed E-state index contributed by atoms with van der Waals surface area (Å²) in [7, 11) is 0. The molecule has 134 valence electrons. The molecule has 0 saturated carbocycles. The van der Waals surface area contributed by atoms with Crippen molar-refractivity contribution < 1.29 is 13.6 Å². The van der Waals surface area contributed by atoms with Crippen LogP contribution in [0.3, 0.4) is 0 Å². The molecule has 0 spiro atoms. The molecular formula is C17H15F2N5OS. The second-order valence-electron chi connectivity index (χ2n) is 5.34. The summed E-state index contributed by atoms with van der Waals surface area (Å²) >= 11 is 1.28. The molecule has 0 saturated heterocycles. The van der Waals surface area contributed by atoms with E-state index in [2.05, 4.69) is 15.5 Å². The van der Waals surface area contributed by atoms with Crippen molar-refractivity contribution in [1.29, 1.82) is 0 Å². The highest BCUT2D eigenvalue weighted by Gasteiger charge is 2.13. The van der Waals surface area contributed by atoms with Gasteiger partial charge in [-0.1, -0.05) is 11.8 Å². The van der Waals surface area contributed by atoms with Gasteiger partial charge in [0.05, 0.1) is 0 Å². The van der Waals surface area contributed by atoms with Gasteiger partial charge < -0.3 is 11.2 Å². The summed E-state index contributed by atoms with van der Waals surface area (Å²) in [5, 5.41) is 11.1. The lowest BCUT2D eigenvalue weighted by Crippen LogP contribution is -2.14. The van der Waals surface area contributed by atoms with Crippen LogP contribution in [-0.2, 0) is 4.79 Å². The molecule has 3 rings (SSSR count). The second kappa shape index (κ2) is 7.96. The van der Waals surface area contributed by atoms with E-state index in [4.69, 9.17) is 5.84 Å². The lowest BCUT2D eigenvalue weighted by Gasteiger charge is -2.05. The number of halogens is 2. The van der Waals surface area contributed by atoms with Crippen molar-refractivity contribution in [3.05, 3.63) is 60.2 Å². The first-order valence-electron chi connectivity index (χ1n) is 7.67. The molecule has 6 nitrogen and oxygen atoms in total. The molecule has 0 fully saturated rings. The zero-order valence-electron chi connectivity index (χ0n) is 13.5. The van der Waals surface area contributed by atoms with Gasteiger partial charge in [-0.15, -0.1) is 10.2 Å². The van der Waals surface area contributed by atoms with E-state index >= 15 is 0 Å². The number of rotatable bonds is 6. The van der Waals surface area contributed by atoms with Gasteiger partial charge >= 0.3 is 0 Å². The van der Waals surface area contributed by atoms with E-state index in [0.717, 1.165) is 0 Å². The number of amides is 1. The normalized spacial score (nSPS) is 10.7. The van der Waals surface area contributed by atoms with Gasteiger partial charge in [-0.3, -0.25) is 4.79 Å². The van der Waals surface area contributed by atoms with Crippen LogP contribution < -0.4 is 11.2 Å². The number of nitrogens with two attached hydrogens (primary N) is 1. The van der Waals surface area contributed by atoms with Crippen LogP contribution in [0.4, 0.5) is 14.5 Å². The third-order valence-corrected chi connectivity index (χ3v) is 4.40. The summed E-state index contributed by atoms with van der Waals surface area (Å²) in [6.07, 6.45) is 0.223. The number of nitrogens with one attached hydrogen (secondary N) is 1. The van der Waals surface area contributed by atoms with Crippen LogP contribution in [-0.4, -0.2) is 26.5 Å². The highest BCUT2D eigenvalue weighted by atomic mass is 32.2. The summed E-state index contributed by atoms with van der Waals surface area (Å²) in [5.74, 6) is 5.90. The minimum Gasteiger partial charge on any atom is -0.335 e. The molecule has 0 aliphatic rings. The Hall–Kier alpha value is -2.94. The molecular weight excluding hydrogens is 360 g/mol. The molecule has 1 aromatic heterocycles. The first-order valence-corrected chi connectivity index (χ1v) is 8.66. The van der Waals surface area contributed by atoms with Gasteiger partial charge in [0.25, 0.3) is 0 Å². The SMILES string of the molecule is Nn1c(SCCC(=O)Nc2ccc(F)cc2)nnc1-c1ccc(F)cc1. The van der Waals surface area contributed by atoms with E-state index in [1.54, 1.807) is 12.1 Å². The average molecular weight is 375 g/mol. The summed E-state index contributed by atoms with van der Waals surface area (Å²) in [6.45, 7) is 0. The van der Waals surface area contributed by atoms with E-state index in [9.17, 15) is 13.6 Å². The van der Waals surface area contributed by atoms with Crippen LogP contribution >= 0.6 is 11.8 Å². The fourth-order valence-electron chi connectivity index (χ4n) is 2.16. The topological polar surface area (TPSA) is 85.8 Å².